The largest absolute Gasteiger partial charge is 0.508 e. The predicted molar refractivity (Wildman–Crippen MR) is 231 cm³/mol. The third kappa shape index (κ3) is 7.53. The first-order valence-electron chi connectivity index (χ1n) is 20.7. The lowest BCUT2D eigenvalue weighted by Crippen LogP contribution is -2.55. The van der Waals surface area contributed by atoms with E-state index in [1.165, 1.54) is 26.0 Å². The molecule has 2 aliphatic heterocycles. The second-order valence-electron chi connectivity index (χ2n) is 16.6. The minimum absolute atomic E-state index is 0.00287. The Morgan fingerprint density at radius 1 is 0.472 bits per heavy atom. The summed E-state index contributed by atoms with van der Waals surface area (Å²) in [6.07, 6.45) is -24.1. The monoisotopic (exact) mass is 1010 g/mol. The number of phenols is 1. The fourth-order valence-electron chi connectivity index (χ4n) is 9.06. The molecule has 2 aliphatic rings. The number of aldehydes is 1. The number of anilines is 3. The molecule has 0 atom stereocenters. The first-order chi connectivity index (χ1) is 33.5. The second kappa shape index (κ2) is 16.9. The first-order valence-corrected chi connectivity index (χ1v) is 20.7. The number of carbonyl (C=O) groups is 6. The van der Waals surface area contributed by atoms with Gasteiger partial charge in [-0.15, -0.1) is 0 Å². The van der Waals surface area contributed by atoms with Gasteiger partial charge in [-0.05, 0) is 120 Å². The van der Waals surface area contributed by atoms with Crippen LogP contribution < -0.4 is 15.1 Å². The number of rotatable bonds is 9. The molecule has 370 valence electrons. The van der Waals surface area contributed by atoms with E-state index in [1.54, 1.807) is 0 Å². The Balaban J connectivity index is 1.09. The van der Waals surface area contributed by atoms with Gasteiger partial charge in [0.1, 0.15) is 12.0 Å². The summed E-state index contributed by atoms with van der Waals surface area (Å²) in [5, 5.41) is 11.8. The SMILES string of the molecule is Cc1cc(C(=O)Nc2ccc(C(c3ccc(O)cc3)(C(F)(F)F)C(F)(F)F)cc2)ccc1N1C(=O)c2ccc(C(c3ccc4c(c3)C(=O)N(c3cc(C=O)ccc3C)C4=O)(C(F)(F)F)C(F)(F)F)cc2C1=O. The average molecular weight is 1010 g/mol. The fraction of sp³-hybridized carbons (Fsp3) is 0.160. The zero-order valence-electron chi connectivity index (χ0n) is 36.5. The molecule has 8 rings (SSSR count). The lowest BCUT2D eigenvalue weighted by atomic mass is 9.71. The van der Waals surface area contributed by atoms with Crippen molar-refractivity contribution < 1.29 is 86.6 Å². The highest BCUT2D eigenvalue weighted by atomic mass is 19.4. The van der Waals surface area contributed by atoms with Crippen LogP contribution in [-0.2, 0) is 10.8 Å². The summed E-state index contributed by atoms with van der Waals surface area (Å²) in [6.45, 7) is 2.69. The molecule has 0 saturated carbocycles. The van der Waals surface area contributed by atoms with E-state index in [0.29, 0.717) is 76.7 Å². The smallest absolute Gasteiger partial charge is 0.411 e. The number of nitrogens with one attached hydrogen (secondary N) is 1. The minimum Gasteiger partial charge on any atom is -0.508 e. The number of benzene rings is 6. The molecule has 6 aromatic carbocycles. The number of hydrogen-bond donors (Lipinski definition) is 2. The molecule has 22 heteroatoms. The second-order valence-corrected chi connectivity index (χ2v) is 16.6. The summed E-state index contributed by atoms with van der Waals surface area (Å²) >= 11 is 0. The van der Waals surface area contributed by atoms with Gasteiger partial charge in [-0.2, -0.15) is 52.7 Å². The fourth-order valence-corrected chi connectivity index (χ4v) is 9.06. The van der Waals surface area contributed by atoms with Crippen molar-refractivity contribution in [3.63, 3.8) is 0 Å². The molecule has 10 nitrogen and oxygen atoms in total. The number of amides is 5. The Morgan fingerprint density at radius 3 is 1.33 bits per heavy atom. The van der Waals surface area contributed by atoms with Crippen LogP contribution in [0, 0.1) is 13.8 Å². The number of phenolic OH excluding ortho intramolecular Hbond substituents is 1. The lowest BCUT2D eigenvalue weighted by molar-refractivity contribution is -0.290. The standard InChI is InChI=1S/C50H29F12N3O7/c1-24-3-4-26(23-66)20-39(24)65-42(70)35-17-11-31(22-37(35)44(65)72)46(49(57,58)59,50(60,61)62)30-10-16-34-36(21-30)43(71)64(41(34)69)38-18-5-27(19-25(38)2)40(68)63-32-12-6-28(7-13-32)45(47(51,52)53,48(54,55)56)29-8-14-33(67)15-9-29/h3-23,67H,1-2H3,(H,63,68). The van der Waals surface area contributed by atoms with Crippen LogP contribution in [0.4, 0.5) is 69.7 Å². The van der Waals surface area contributed by atoms with E-state index in [1.807, 2.05) is 0 Å². The highest BCUT2D eigenvalue weighted by Gasteiger charge is 2.74. The molecule has 0 fully saturated rings. The predicted octanol–water partition coefficient (Wildman–Crippen LogP) is 11.5. The van der Waals surface area contributed by atoms with Crippen LogP contribution in [0.5, 0.6) is 5.75 Å². The average Bonchev–Trinajstić information content (AvgIpc) is 3.68. The summed E-state index contributed by atoms with van der Waals surface area (Å²) in [7, 11) is 0. The molecule has 0 aliphatic carbocycles. The summed E-state index contributed by atoms with van der Waals surface area (Å²) < 4.78 is 180. The maximum absolute atomic E-state index is 15.4. The van der Waals surface area contributed by atoms with E-state index in [9.17, 15) is 60.2 Å². The van der Waals surface area contributed by atoms with Gasteiger partial charge in [-0.25, -0.2) is 9.80 Å². The van der Waals surface area contributed by atoms with Gasteiger partial charge in [0.2, 0.25) is 10.8 Å². The Kier molecular flexibility index (Phi) is 11.8. The molecule has 0 radical (unpaired) electrons. The third-order valence-corrected chi connectivity index (χ3v) is 12.5. The van der Waals surface area contributed by atoms with Crippen molar-refractivity contribution in [2.75, 3.05) is 15.1 Å². The topological polar surface area (TPSA) is 141 Å². The number of hydrogen-bond acceptors (Lipinski definition) is 7. The van der Waals surface area contributed by atoms with Crippen molar-refractivity contribution in [3.8, 4) is 5.75 Å². The number of halogens is 12. The van der Waals surface area contributed by atoms with Crippen molar-refractivity contribution in [1.29, 1.82) is 0 Å². The molecular weight excluding hydrogens is 983 g/mol. The number of aryl methyl sites for hydroxylation is 2. The molecular formula is C50H29F12N3O7. The van der Waals surface area contributed by atoms with E-state index >= 15 is 26.3 Å². The third-order valence-electron chi connectivity index (χ3n) is 12.5. The highest BCUT2D eigenvalue weighted by molar-refractivity contribution is 6.35. The molecule has 0 aromatic heterocycles. The van der Waals surface area contributed by atoms with E-state index in [2.05, 4.69) is 5.32 Å². The van der Waals surface area contributed by atoms with Crippen LogP contribution in [0.25, 0.3) is 0 Å². The summed E-state index contributed by atoms with van der Waals surface area (Å²) in [4.78, 5) is 80.4. The highest BCUT2D eigenvalue weighted by Crippen LogP contribution is 2.58. The van der Waals surface area contributed by atoms with Gasteiger partial charge in [0.25, 0.3) is 29.5 Å². The number of imide groups is 2. The Morgan fingerprint density at radius 2 is 0.889 bits per heavy atom. The lowest BCUT2D eigenvalue weighted by Gasteiger charge is -2.38. The number of alkyl halides is 12. The number of fused-ring (bicyclic) bond motifs is 2. The zero-order valence-corrected chi connectivity index (χ0v) is 36.5. The molecule has 72 heavy (non-hydrogen) atoms. The summed E-state index contributed by atoms with van der Waals surface area (Å²) in [6, 6.07) is 14.1. The van der Waals surface area contributed by atoms with Crippen molar-refractivity contribution in [2.45, 2.75) is 49.4 Å². The quantitative estimate of drug-likeness (QED) is 0.0834. The van der Waals surface area contributed by atoms with Crippen molar-refractivity contribution in [3.05, 3.63) is 188 Å². The Hall–Kier alpha value is -8.30. The maximum atomic E-state index is 15.4. The molecule has 0 spiro atoms. The molecule has 5 amide bonds. The van der Waals surface area contributed by atoms with Crippen LogP contribution in [0.3, 0.4) is 0 Å². The van der Waals surface area contributed by atoms with Crippen molar-refractivity contribution in [2.24, 2.45) is 0 Å². The van der Waals surface area contributed by atoms with Gasteiger partial charge in [0, 0.05) is 16.8 Å². The summed E-state index contributed by atoms with van der Waals surface area (Å²) in [5.74, 6) is -6.61. The van der Waals surface area contributed by atoms with Crippen LogP contribution >= 0.6 is 0 Å². The van der Waals surface area contributed by atoms with Crippen LogP contribution in [0.15, 0.2) is 121 Å². The van der Waals surface area contributed by atoms with Gasteiger partial charge in [0.15, 0.2) is 0 Å². The zero-order chi connectivity index (χ0) is 52.8. The normalized spacial score (nSPS) is 14.5. The van der Waals surface area contributed by atoms with Gasteiger partial charge in [-0.1, -0.05) is 48.5 Å². The molecule has 0 saturated heterocycles. The van der Waals surface area contributed by atoms with Crippen LogP contribution in [0.2, 0.25) is 0 Å². The number of carbonyl (C=O) groups excluding carboxylic acids is 6. The van der Waals surface area contributed by atoms with E-state index in [-0.39, 0.29) is 51.4 Å². The van der Waals surface area contributed by atoms with Gasteiger partial charge in [0.05, 0.1) is 33.6 Å². The van der Waals surface area contributed by atoms with E-state index < -0.39 is 115 Å². The van der Waals surface area contributed by atoms with Gasteiger partial charge < -0.3 is 10.4 Å². The van der Waals surface area contributed by atoms with Crippen LogP contribution in [-0.4, -0.2) is 65.6 Å². The molecule has 6 aromatic rings. The summed E-state index contributed by atoms with van der Waals surface area (Å²) in [5.41, 5.74) is -19.0. The molecule has 2 heterocycles. The minimum atomic E-state index is -6.28. The van der Waals surface area contributed by atoms with E-state index in [0.717, 1.165) is 36.4 Å². The Bertz CT molecular complexity index is 3260. The van der Waals surface area contributed by atoms with Crippen molar-refractivity contribution >= 4 is 52.9 Å². The van der Waals surface area contributed by atoms with Crippen molar-refractivity contribution in [1.82, 2.24) is 0 Å². The van der Waals surface area contributed by atoms with E-state index in [4.69, 9.17) is 0 Å². The molecule has 2 N–H and O–H groups in total. The number of nitrogens with zero attached hydrogens (tertiary/aromatic N) is 2. The molecule has 0 bridgehead atoms. The van der Waals surface area contributed by atoms with Crippen LogP contribution in [0.1, 0.15) is 95.5 Å². The van der Waals surface area contributed by atoms with Gasteiger partial charge in [-0.3, -0.25) is 28.8 Å². The Labute approximate surface area is 397 Å². The van der Waals surface area contributed by atoms with Gasteiger partial charge >= 0.3 is 24.7 Å². The number of aromatic hydroxyl groups is 1. The molecule has 0 unspecified atom stereocenters. The maximum Gasteiger partial charge on any atom is 0.411 e. The first kappa shape index (κ1) is 50.1.